The van der Waals surface area contributed by atoms with Crippen LogP contribution in [-0.2, 0) is 11.3 Å². The number of amides is 1. The molecule has 1 aliphatic rings. The molecule has 1 fully saturated rings. The van der Waals surface area contributed by atoms with Crippen LogP contribution in [0.15, 0.2) is 71.8 Å². The first kappa shape index (κ1) is 25.3. The third-order valence-corrected chi connectivity index (χ3v) is 6.05. The zero-order chi connectivity index (χ0) is 25.7. The zero-order valence-electron chi connectivity index (χ0n) is 21.4. The smallest absolute Gasteiger partial charge is 0.410 e. The van der Waals surface area contributed by atoms with E-state index in [2.05, 4.69) is 9.88 Å². The number of carbonyl (C=O) groups excluding carboxylic acids is 1. The van der Waals surface area contributed by atoms with Gasteiger partial charge in [0.25, 0.3) is 5.56 Å². The van der Waals surface area contributed by atoms with Gasteiger partial charge in [-0.3, -0.25) is 9.36 Å². The Labute approximate surface area is 212 Å². The van der Waals surface area contributed by atoms with Crippen LogP contribution in [0, 0.1) is 0 Å². The zero-order valence-corrected chi connectivity index (χ0v) is 21.4. The Hall–Kier alpha value is -3.81. The van der Waals surface area contributed by atoms with Gasteiger partial charge in [0.1, 0.15) is 23.8 Å². The van der Waals surface area contributed by atoms with Gasteiger partial charge >= 0.3 is 6.09 Å². The summed E-state index contributed by atoms with van der Waals surface area (Å²) in [5, 5.41) is 0. The first-order valence-corrected chi connectivity index (χ1v) is 12.3. The van der Waals surface area contributed by atoms with Crippen LogP contribution in [0.4, 0.5) is 10.6 Å². The molecule has 8 heteroatoms. The predicted molar refractivity (Wildman–Crippen MR) is 140 cm³/mol. The normalized spacial score (nSPS) is 15.6. The van der Waals surface area contributed by atoms with Crippen molar-refractivity contribution in [1.82, 2.24) is 14.5 Å². The van der Waals surface area contributed by atoms with Crippen molar-refractivity contribution in [3.8, 4) is 11.4 Å². The van der Waals surface area contributed by atoms with Gasteiger partial charge in [-0.25, -0.2) is 9.78 Å². The number of benzene rings is 1. The van der Waals surface area contributed by atoms with Gasteiger partial charge < -0.3 is 19.3 Å². The van der Waals surface area contributed by atoms with Crippen LogP contribution in [0.1, 0.15) is 39.7 Å². The molecule has 1 aliphatic heterocycles. The van der Waals surface area contributed by atoms with E-state index in [1.54, 1.807) is 27.9 Å². The number of nitrogens with zero attached hydrogens (tertiary/aromatic N) is 4. The highest BCUT2D eigenvalue weighted by Gasteiger charge is 2.32. The Bertz CT molecular complexity index is 1220. The molecule has 36 heavy (non-hydrogen) atoms. The fraction of sp³-hybridized carbons (Fsp3) is 0.393. The van der Waals surface area contributed by atoms with Crippen LogP contribution in [0.2, 0.25) is 0 Å². The van der Waals surface area contributed by atoms with Gasteiger partial charge in [0.05, 0.1) is 17.9 Å². The number of carbonyl (C=O) groups is 1. The molecular weight excluding hydrogens is 456 g/mol. The minimum atomic E-state index is -0.523. The molecule has 0 N–H and O–H groups in total. The second kappa shape index (κ2) is 10.8. The molecule has 0 unspecified atom stereocenters. The van der Waals surface area contributed by atoms with Crippen LogP contribution in [-0.4, -0.2) is 51.8 Å². The number of rotatable bonds is 7. The maximum Gasteiger partial charge on any atom is 0.410 e. The van der Waals surface area contributed by atoms with Gasteiger partial charge in [0.2, 0.25) is 0 Å². The van der Waals surface area contributed by atoms with E-state index in [0.717, 1.165) is 24.3 Å². The Kier molecular flexibility index (Phi) is 7.62. The molecule has 2 aromatic heterocycles. The molecule has 0 spiro atoms. The first-order chi connectivity index (χ1) is 17.2. The molecule has 0 aliphatic carbocycles. The van der Waals surface area contributed by atoms with Gasteiger partial charge in [-0.15, -0.1) is 0 Å². The predicted octanol–water partition coefficient (Wildman–Crippen LogP) is 4.65. The molecule has 1 atom stereocenters. The van der Waals surface area contributed by atoms with Crippen LogP contribution in [0.3, 0.4) is 0 Å². The number of hydrogen-bond acceptors (Lipinski definition) is 6. The maximum atomic E-state index is 12.7. The number of pyridine rings is 2. The van der Waals surface area contributed by atoms with Crippen LogP contribution >= 0.6 is 0 Å². The number of ether oxygens (including phenoxy) is 2. The second-order valence-electron chi connectivity index (χ2n) is 9.87. The summed E-state index contributed by atoms with van der Waals surface area (Å²) in [4.78, 5) is 33.9. The van der Waals surface area contributed by atoms with Crippen molar-refractivity contribution < 1.29 is 14.3 Å². The molecule has 0 saturated carbocycles. The summed E-state index contributed by atoms with van der Waals surface area (Å²) in [5.74, 6) is 1.34. The summed E-state index contributed by atoms with van der Waals surface area (Å²) in [6, 6.07) is 16.9. The molecule has 1 aromatic carbocycles. The van der Waals surface area contributed by atoms with E-state index in [0.29, 0.717) is 31.1 Å². The van der Waals surface area contributed by atoms with E-state index < -0.39 is 5.60 Å². The quantitative estimate of drug-likeness (QED) is 0.480. The van der Waals surface area contributed by atoms with Crippen LogP contribution in [0.5, 0.6) is 5.75 Å². The Morgan fingerprint density at radius 2 is 1.92 bits per heavy atom. The molecule has 0 radical (unpaired) electrons. The lowest BCUT2D eigenvalue weighted by atomic mass is 10.2. The lowest BCUT2D eigenvalue weighted by molar-refractivity contribution is 0.0191. The fourth-order valence-electron chi connectivity index (χ4n) is 4.27. The van der Waals surface area contributed by atoms with E-state index in [9.17, 15) is 9.59 Å². The maximum absolute atomic E-state index is 12.7. The molecule has 0 bridgehead atoms. The van der Waals surface area contributed by atoms with Crippen molar-refractivity contribution in [3.05, 3.63) is 82.9 Å². The summed E-state index contributed by atoms with van der Waals surface area (Å²) in [6.07, 6.45) is 3.96. The van der Waals surface area contributed by atoms with Gasteiger partial charge in [0.15, 0.2) is 0 Å². The van der Waals surface area contributed by atoms with Gasteiger partial charge in [-0.05, 0) is 57.9 Å². The highest BCUT2D eigenvalue weighted by atomic mass is 16.6. The standard InChI is InChI=1S/C28H34N4O4/c1-5-31(27(34)36-28(2,3)4)23-13-15-30(19-23)25-12-11-22(18-29-25)32-16-14-24(17-26(32)33)35-20-21-9-7-6-8-10-21/h6-12,14,16-18,23H,5,13,15,19-20H2,1-4H3/t23-/m1/s1. The van der Waals surface area contributed by atoms with Crippen molar-refractivity contribution in [3.63, 3.8) is 0 Å². The minimum Gasteiger partial charge on any atom is -0.489 e. The van der Waals surface area contributed by atoms with Crippen molar-refractivity contribution in [2.24, 2.45) is 0 Å². The fourth-order valence-corrected chi connectivity index (χ4v) is 4.27. The number of likely N-dealkylation sites (N-methyl/N-ethyl adjacent to an activating group) is 1. The Morgan fingerprint density at radius 1 is 1.14 bits per heavy atom. The third-order valence-electron chi connectivity index (χ3n) is 6.05. The average Bonchev–Trinajstić information content (AvgIpc) is 3.33. The van der Waals surface area contributed by atoms with E-state index >= 15 is 0 Å². The number of hydrogen-bond donors (Lipinski definition) is 0. The highest BCUT2D eigenvalue weighted by Crippen LogP contribution is 2.24. The molecule has 4 rings (SSSR count). The van der Waals surface area contributed by atoms with Crippen LogP contribution in [0.25, 0.3) is 5.69 Å². The van der Waals surface area contributed by atoms with Crippen LogP contribution < -0.4 is 15.2 Å². The number of aromatic nitrogens is 2. The summed E-state index contributed by atoms with van der Waals surface area (Å²) in [6.45, 7) is 10.1. The van der Waals surface area contributed by atoms with E-state index in [1.165, 1.54) is 6.07 Å². The molecule has 3 aromatic rings. The first-order valence-electron chi connectivity index (χ1n) is 12.3. The summed E-state index contributed by atoms with van der Waals surface area (Å²) < 4.78 is 12.9. The molecule has 190 valence electrons. The van der Waals surface area contributed by atoms with Crippen molar-refractivity contribution in [2.75, 3.05) is 24.5 Å². The lowest BCUT2D eigenvalue weighted by Crippen LogP contribution is -2.44. The van der Waals surface area contributed by atoms with E-state index in [4.69, 9.17) is 9.47 Å². The van der Waals surface area contributed by atoms with Crippen molar-refractivity contribution in [1.29, 1.82) is 0 Å². The minimum absolute atomic E-state index is 0.0670. The average molecular weight is 491 g/mol. The molecule has 8 nitrogen and oxygen atoms in total. The molecule has 1 saturated heterocycles. The topological polar surface area (TPSA) is 76.9 Å². The van der Waals surface area contributed by atoms with Crippen molar-refractivity contribution in [2.45, 2.75) is 52.4 Å². The summed E-state index contributed by atoms with van der Waals surface area (Å²) in [5.41, 5.74) is 1.01. The number of anilines is 1. The molecule has 3 heterocycles. The lowest BCUT2D eigenvalue weighted by Gasteiger charge is -2.30. The molecule has 1 amide bonds. The van der Waals surface area contributed by atoms with E-state index in [-0.39, 0.29) is 17.7 Å². The van der Waals surface area contributed by atoms with Gasteiger partial charge in [0, 0.05) is 31.9 Å². The van der Waals surface area contributed by atoms with Gasteiger partial charge in [-0.1, -0.05) is 30.3 Å². The van der Waals surface area contributed by atoms with E-state index in [1.807, 2.05) is 70.2 Å². The summed E-state index contributed by atoms with van der Waals surface area (Å²) in [7, 11) is 0. The molecular formula is C28H34N4O4. The van der Waals surface area contributed by atoms with Gasteiger partial charge in [-0.2, -0.15) is 0 Å². The largest absolute Gasteiger partial charge is 0.489 e. The second-order valence-corrected chi connectivity index (χ2v) is 9.87. The Balaban J connectivity index is 1.39. The SMILES string of the molecule is CCN(C(=O)OC(C)(C)C)[C@@H]1CCN(c2ccc(-n3ccc(OCc4ccccc4)cc3=O)cn2)C1. The summed E-state index contributed by atoms with van der Waals surface area (Å²) >= 11 is 0. The third kappa shape index (κ3) is 6.24. The Morgan fingerprint density at radius 3 is 2.56 bits per heavy atom. The highest BCUT2D eigenvalue weighted by molar-refractivity contribution is 5.68. The van der Waals surface area contributed by atoms with Crippen molar-refractivity contribution >= 4 is 11.9 Å². The monoisotopic (exact) mass is 490 g/mol.